The van der Waals surface area contributed by atoms with Crippen LogP contribution < -0.4 is 10.2 Å². The Morgan fingerprint density at radius 3 is 2.55 bits per heavy atom. The van der Waals surface area contributed by atoms with Gasteiger partial charge in [-0.25, -0.2) is 0 Å². The molecule has 122 valence electrons. The van der Waals surface area contributed by atoms with E-state index in [1.54, 1.807) is 0 Å². The molecule has 0 saturated carbocycles. The van der Waals surface area contributed by atoms with Crippen LogP contribution in [0.1, 0.15) is 33.1 Å². The van der Waals surface area contributed by atoms with Gasteiger partial charge in [0.15, 0.2) is 0 Å². The van der Waals surface area contributed by atoms with Crippen LogP contribution in [0, 0.1) is 0 Å². The molecular formula is C18H29N3O. The van der Waals surface area contributed by atoms with Crippen molar-refractivity contribution in [1.82, 2.24) is 10.2 Å². The van der Waals surface area contributed by atoms with Crippen LogP contribution in [0.4, 0.5) is 5.69 Å². The van der Waals surface area contributed by atoms with Gasteiger partial charge < -0.3 is 10.2 Å². The summed E-state index contributed by atoms with van der Waals surface area (Å²) in [5.74, 6) is 0.157. The number of benzene rings is 1. The van der Waals surface area contributed by atoms with Crippen LogP contribution in [-0.4, -0.2) is 49.6 Å². The summed E-state index contributed by atoms with van der Waals surface area (Å²) in [6.07, 6.45) is 3.21. The maximum absolute atomic E-state index is 12.0. The van der Waals surface area contributed by atoms with E-state index in [2.05, 4.69) is 66.3 Å². The molecule has 1 aromatic rings. The number of rotatable bonds is 6. The van der Waals surface area contributed by atoms with Gasteiger partial charge >= 0.3 is 0 Å². The third-order valence-corrected chi connectivity index (χ3v) is 4.66. The highest BCUT2D eigenvalue weighted by atomic mass is 16.2. The second-order valence-corrected chi connectivity index (χ2v) is 6.33. The average molecular weight is 303 g/mol. The number of likely N-dealkylation sites (tertiary alicyclic amines) is 1. The lowest BCUT2D eigenvalue weighted by atomic mass is 10.0. The fourth-order valence-electron chi connectivity index (χ4n) is 2.96. The highest BCUT2D eigenvalue weighted by Crippen LogP contribution is 2.21. The molecule has 0 radical (unpaired) electrons. The second kappa shape index (κ2) is 8.18. The minimum Gasteiger partial charge on any atom is -0.372 e. The number of anilines is 1. The molecule has 1 aromatic carbocycles. The number of piperidine rings is 1. The minimum atomic E-state index is 0.157. The lowest BCUT2D eigenvalue weighted by Crippen LogP contribution is -2.47. The monoisotopic (exact) mass is 303 g/mol. The maximum atomic E-state index is 12.0. The van der Waals surface area contributed by atoms with Crippen LogP contribution in [0.15, 0.2) is 30.3 Å². The van der Waals surface area contributed by atoms with E-state index in [9.17, 15) is 4.79 Å². The van der Waals surface area contributed by atoms with Gasteiger partial charge in [0.1, 0.15) is 0 Å². The Morgan fingerprint density at radius 2 is 1.95 bits per heavy atom. The van der Waals surface area contributed by atoms with Gasteiger partial charge in [-0.1, -0.05) is 25.1 Å². The predicted molar refractivity (Wildman–Crippen MR) is 92.2 cm³/mol. The summed E-state index contributed by atoms with van der Waals surface area (Å²) < 4.78 is 0. The molecule has 1 amide bonds. The largest absolute Gasteiger partial charge is 0.372 e. The van der Waals surface area contributed by atoms with E-state index in [1.807, 2.05) is 0 Å². The third-order valence-electron chi connectivity index (χ3n) is 4.66. The Bertz CT molecular complexity index is 455. The molecule has 1 N–H and O–H groups in total. The number of nitrogens with one attached hydrogen (secondary N) is 1. The van der Waals surface area contributed by atoms with Gasteiger partial charge in [0, 0.05) is 37.9 Å². The number of nitrogens with zero attached hydrogens (tertiary/aromatic N) is 2. The van der Waals surface area contributed by atoms with E-state index >= 15 is 0 Å². The zero-order chi connectivity index (χ0) is 15.9. The number of carbonyl (C=O) groups is 1. The first-order chi connectivity index (χ1) is 10.6. The van der Waals surface area contributed by atoms with Crippen molar-refractivity contribution in [2.24, 2.45) is 0 Å². The quantitative estimate of drug-likeness (QED) is 0.877. The predicted octanol–water partition coefficient (Wildman–Crippen LogP) is 2.50. The molecule has 1 aliphatic rings. The Kier molecular flexibility index (Phi) is 6.25. The summed E-state index contributed by atoms with van der Waals surface area (Å²) >= 11 is 0. The Hall–Kier alpha value is -1.55. The van der Waals surface area contributed by atoms with Gasteiger partial charge in [-0.05, 0) is 38.3 Å². The molecule has 0 aliphatic carbocycles. The third kappa shape index (κ3) is 4.73. The standard InChI is InChI=1S/C18H29N3O/c1-4-15(2)19-18(22)14-21-12-10-17(11-13-21)20(3)16-8-6-5-7-9-16/h5-9,15,17H,4,10-14H2,1-3H3,(H,19,22). The molecule has 1 aliphatic heterocycles. The smallest absolute Gasteiger partial charge is 0.234 e. The highest BCUT2D eigenvalue weighted by molar-refractivity contribution is 5.78. The number of hydrogen-bond acceptors (Lipinski definition) is 3. The van der Waals surface area contributed by atoms with Gasteiger partial charge in [-0.15, -0.1) is 0 Å². The van der Waals surface area contributed by atoms with Crippen molar-refractivity contribution in [1.29, 1.82) is 0 Å². The summed E-state index contributed by atoms with van der Waals surface area (Å²) in [4.78, 5) is 16.6. The summed E-state index contributed by atoms with van der Waals surface area (Å²) in [7, 11) is 2.17. The van der Waals surface area contributed by atoms with Crippen LogP contribution in [-0.2, 0) is 4.79 Å². The Labute approximate surface area is 134 Å². The Balaban J connectivity index is 1.77. The van der Waals surface area contributed by atoms with Crippen LogP contribution in [0.5, 0.6) is 0 Å². The molecule has 1 atom stereocenters. The molecule has 0 spiro atoms. The van der Waals surface area contributed by atoms with E-state index in [0.717, 1.165) is 32.4 Å². The molecular weight excluding hydrogens is 274 g/mol. The van der Waals surface area contributed by atoms with Crippen molar-refractivity contribution in [2.75, 3.05) is 31.6 Å². The summed E-state index contributed by atoms with van der Waals surface area (Å²) in [6, 6.07) is 11.4. The lowest BCUT2D eigenvalue weighted by molar-refractivity contribution is -0.123. The molecule has 4 nitrogen and oxygen atoms in total. The highest BCUT2D eigenvalue weighted by Gasteiger charge is 2.23. The molecule has 1 unspecified atom stereocenters. The second-order valence-electron chi connectivity index (χ2n) is 6.33. The van der Waals surface area contributed by atoms with Crippen molar-refractivity contribution in [3.05, 3.63) is 30.3 Å². The molecule has 22 heavy (non-hydrogen) atoms. The van der Waals surface area contributed by atoms with Crippen LogP contribution in [0.2, 0.25) is 0 Å². The first kappa shape index (κ1) is 16.8. The Morgan fingerprint density at radius 1 is 1.32 bits per heavy atom. The zero-order valence-electron chi connectivity index (χ0n) is 14.1. The topological polar surface area (TPSA) is 35.6 Å². The average Bonchev–Trinajstić information content (AvgIpc) is 2.55. The summed E-state index contributed by atoms with van der Waals surface area (Å²) in [6.45, 7) is 6.67. The number of carbonyl (C=O) groups excluding carboxylic acids is 1. The van der Waals surface area contributed by atoms with Crippen molar-refractivity contribution in [3.8, 4) is 0 Å². The van der Waals surface area contributed by atoms with Crippen LogP contribution in [0.25, 0.3) is 0 Å². The van der Waals surface area contributed by atoms with Crippen molar-refractivity contribution >= 4 is 11.6 Å². The lowest BCUT2D eigenvalue weighted by Gasteiger charge is -2.37. The summed E-state index contributed by atoms with van der Waals surface area (Å²) in [5.41, 5.74) is 1.27. The van der Waals surface area contributed by atoms with E-state index < -0.39 is 0 Å². The molecule has 0 aromatic heterocycles. The van der Waals surface area contributed by atoms with Crippen LogP contribution >= 0.6 is 0 Å². The number of amides is 1. The molecule has 1 saturated heterocycles. The normalized spacial score (nSPS) is 18.0. The van der Waals surface area contributed by atoms with E-state index in [4.69, 9.17) is 0 Å². The van der Waals surface area contributed by atoms with Gasteiger partial charge in [0.25, 0.3) is 0 Å². The van der Waals surface area contributed by atoms with Crippen molar-refractivity contribution < 1.29 is 4.79 Å². The molecule has 1 heterocycles. The minimum absolute atomic E-state index is 0.157. The van der Waals surface area contributed by atoms with E-state index in [1.165, 1.54) is 5.69 Å². The number of para-hydroxylation sites is 1. The van der Waals surface area contributed by atoms with Gasteiger partial charge in [-0.3, -0.25) is 9.69 Å². The fourth-order valence-corrected chi connectivity index (χ4v) is 2.96. The first-order valence-electron chi connectivity index (χ1n) is 8.39. The van der Waals surface area contributed by atoms with E-state index in [0.29, 0.717) is 12.6 Å². The SMILES string of the molecule is CCC(C)NC(=O)CN1CCC(N(C)c2ccccc2)CC1. The zero-order valence-corrected chi connectivity index (χ0v) is 14.1. The van der Waals surface area contributed by atoms with Crippen LogP contribution in [0.3, 0.4) is 0 Å². The molecule has 4 heteroatoms. The van der Waals surface area contributed by atoms with Crippen molar-refractivity contribution in [2.45, 2.75) is 45.2 Å². The van der Waals surface area contributed by atoms with Gasteiger partial charge in [0.2, 0.25) is 5.91 Å². The maximum Gasteiger partial charge on any atom is 0.234 e. The molecule has 0 bridgehead atoms. The number of hydrogen-bond donors (Lipinski definition) is 1. The summed E-state index contributed by atoms with van der Waals surface area (Å²) in [5, 5.41) is 3.05. The fraction of sp³-hybridized carbons (Fsp3) is 0.611. The van der Waals surface area contributed by atoms with Gasteiger partial charge in [-0.2, -0.15) is 0 Å². The van der Waals surface area contributed by atoms with Crippen molar-refractivity contribution in [3.63, 3.8) is 0 Å². The van der Waals surface area contributed by atoms with Gasteiger partial charge in [0.05, 0.1) is 6.54 Å². The molecule has 2 rings (SSSR count). The first-order valence-corrected chi connectivity index (χ1v) is 8.39. The van der Waals surface area contributed by atoms with E-state index in [-0.39, 0.29) is 11.9 Å². The molecule has 1 fully saturated rings.